The van der Waals surface area contributed by atoms with Crippen LogP contribution in [0.1, 0.15) is 17.7 Å². The van der Waals surface area contributed by atoms with Gasteiger partial charge in [0.05, 0.1) is 6.61 Å². The van der Waals surface area contributed by atoms with Crippen molar-refractivity contribution in [2.24, 2.45) is 5.92 Å². The van der Waals surface area contributed by atoms with E-state index >= 15 is 0 Å². The maximum absolute atomic E-state index is 5.25. The second-order valence-corrected chi connectivity index (χ2v) is 6.99. The summed E-state index contributed by atoms with van der Waals surface area (Å²) >= 11 is 5.46. The molecule has 1 saturated heterocycles. The van der Waals surface area contributed by atoms with Crippen molar-refractivity contribution in [1.29, 1.82) is 0 Å². The lowest BCUT2D eigenvalue weighted by atomic mass is 9.99. The van der Waals surface area contributed by atoms with Gasteiger partial charge >= 0.3 is 0 Å². The molecule has 2 heterocycles. The van der Waals surface area contributed by atoms with Crippen LogP contribution < -0.4 is 5.32 Å². The fraction of sp³-hybridized carbons (Fsp3) is 0.714. The van der Waals surface area contributed by atoms with Gasteiger partial charge in [0.25, 0.3) is 0 Å². The van der Waals surface area contributed by atoms with Gasteiger partial charge in [0.15, 0.2) is 0 Å². The van der Waals surface area contributed by atoms with Crippen LogP contribution in [0.15, 0.2) is 15.9 Å². The Bertz CT molecular complexity index is 372. The first-order chi connectivity index (χ1) is 9.29. The molecule has 0 saturated carbocycles. The third-order valence-electron chi connectivity index (χ3n) is 3.59. The molecular weight excluding hydrogens is 360 g/mol. The summed E-state index contributed by atoms with van der Waals surface area (Å²) in [7, 11) is 1.78. The van der Waals surface area contributed by atoms with Crippen LogP contribution >= 0.6 is 39.7 Å². The summed E-state index contributed by atoms with van der Waals surface area (Å²) in [6.45, 7) is 6.36. The molecule has 1 aliphatic rings. The summed E-state index contributed by atoms with van der Waals surface area (Å²) in [4.78, 5) is 3.94. The fourth-order valence-corrected chi connectivity index (χ4v) is 4.06. The van der Waals surface area contributed by atoms with Crippen molar-refractivity contribution in [3.8, 4) is 0 Å². The Labute approximate surface area is 140 Å². The molecule has 6 heteroatoms. The zero-order valence-corrected chi connectivity index (χ0v) is 15.2. The zero-order valence-electron chi connectivity index (χ0n) is 11.9. The summed E-state index contributed by atoms with van der Waals surface area (Å²) < 4.78 is 6.48. The molecule has 0 amide bonds. The van der Waals surface area contributed by atoms with E-state index in [-0.39, 0.29) is 12.4 Å². The highest BCUT2D eigenvalue weighted by Crippen LogP contribution is 2.25. The third-order valence-corrected chi connectivity index (χ3v) is 5.50. The minimum absolute atomic E-state index is 0. The molecule has 20 heavy (non-hydrogen) atoms. The molecule has 1 aromatic heterocycles. The number of halogens is 2. The Morgan fingerprint density at radius 2 is 2.40 bits per heavy atom. The average molecular weight is 384 g/mol. The molecule has 0 aliphatic carbocycles. The summed E-state index contributed by atoms with van der Waals surface area (Å²) in [6.07, 6.45) is 2.66. The second kappa shape index (κ2) is 10.1. The van der Waals surface area contributed by atoms with Crippen molar-refractivity contribution >= 4 is 39.7 Å². The van der Waals surface area contributed by atoms with Crippen LogP contribution in [0.3, 0.4) is 0 Å². The summed E-state index contributed by atoms with van der Waals surface area (Å²) in [5, 5.41) is 5.65. The van der Waals surface area contributed by atoms with E-state index in [4.69, 9.17) is 4.74 Å². The van der Waals surface area contributed by atoms with Gasteiger partial charge in [0.2, 0.25) is 0 Å². The van der Waals surface area contributed by atoms with Crippen LogP contribution in [-0.2, 0) is 11.3 Å². The van der Waals surface area contributed by atoms with E-state index in [2.05, 4.69) is 37.6 Å². The minimum Gasteiger partial charge on any atom is -0.383 e. The smallest absolute Gasteiger partial charge is 0.0589 e. The molecule has 2 rings (SSSR count). The highest BCUT2D eigenvalue weighted by atomic mass is 79.9. The van der Waals surface area contributed by atoms with Gasteiger partial charge in [-0.1, -0.05) is 0 Å². The van der Waals surface area contributed by atoms with Gasteiger partial charge < -0.3 is 10.1 Å². The van der Waals surface area contributed by atoms with E-state index in [1.807, 2.05) is 11.3 Å². The molecule has 0 bridgehead atoms. The van der Waals surface area contributed by atoms with Crippen molar-refractivity contribution in [2.45, 2.75) is 19.4 Å². The molecule has 0 aromatic carbocycles. The van der Waals surface area contributed by atoms with E-state index in [9.17, 15) is 0 Å². The molecule has 0 radical (unpaired) electrons. The van der Waals surface area contributed by atoms with E-state index in [1.54, 1.807) is 7.11 Å². The molecule has 1 aliphatic heterocycles. The first kappa shape index (κ1) is 18.4. The Balaban J connectivity index is 0.00000200. The van der Waals surface area contributed by atoms with Crippen molar-refractivity contribution in [3.63, 3.8) is 0 Å². The second-order valence-electron chi connectivity index (χ2n) is 5.13. The third kappa shape index (κ3) is 6.00. The van der Waals surface area contributed by atoms with Crippen molar-refractivity contribution in [3.05, 3.63) is 20.8 Å². The van der Waals surface area contributed by atoms with Crippen LogP contribution in [-0.4, -0.2) is 44.8 Å². The quantitative estimate of drug-likeness (QED) is 0.781. The predicted molar refractivity (Wildman–Crippen MR) is 92.0 cm³/mol. The first-order valence-electron chi connectivity index (χ1n) is 6.93. The number of ether oxygens (including phenoxy) is 1. The minimum atomic E-state index is 0. The summed E-state index contributed by atoms with van der Waals surface area (Å²) in [6, 6.07) is 2.14. The molecule has 1 aromatic rings. The highest BCUT2D eigenvalue weighted by Gasteiger charge is 2.18. The van der Waals surface area contributed by atoms with E-state index in [1.165, 1.54) is 35.3 Å². The Kier molecular flexibility index (Phi) is 9.33. The fourth-order valence-electron chi connectivity index (χ4n) is 2.54. The number of piperidine rings is 1. The number of hydrogen-bond acceptors (Lipinski definition) is 4. The Morgan fingerprint density at radius 1 is 1.55 bits per heavy atom. The number of nitrogens with one attached hydrogen (secondary N) is 1. The van der Waals surface area contributed by atoms with Crippen molar-refractivity contribution in [1.82, 2.24) is 10.2 Å². The van der Waals surface area contributed by atoms with Gasteiger partial charge in [-0.2, -0.15) is 0 Å². The predicted octanol–water partition coefficient (Wildman–Crippen LogP) is 3.38. The standard InChI is InChI=1S/C14H23BrN2OS.ClH/c1-18-7-6-17(10-12-3-2-5-16-9-12)11-14-13(15)4-8-19-14;/h4,8,12,16H,2-3,5-7,9-11H2,1H3;1H. The topological polar surface area (TPSA) is 24.5 Å². The maximum Gasteiger partial charge on any atom is 0.0589 e. The number of hydrogen-bond donors (Lipinski definition) is 1. The van der Waals surface area contributed by atoms with Gasteiger partial charge in [-0.25, -0.2) is 0 Å². The van der Waals surface area contributed by atoms with Crippen LogP contribution in [0.5, 0.6) is 0 Å². The van der Waals surface area contributed by atoms with Gasteiger partial charge in [0, 0.05) is 36.1 Å². The van der Waals surface area contributed by atoms with Crippen LogP contribution in [0.2, 0.25) is 0 Å². The normalized spacial score (nSPS) is 19.1. The van der Waals surface area contributed by atoms with Gasteiger partial charge in [0.1, 0.15) is 0 Å². The van der Waals surface area contributed by atoms with E-state index in [0.29, 0.717) is 0 Å². The summed E-state index contributed by atoms with van der Waals surface area (Å²) in [5.41, 5.74) is 0. The number of rotatable bonds is 7. The van der Waals surface area contributed by atoms with Gasteiger partial charge in [-0.05, 0) is 59.2 Å². The molecule has 3 nitrogen and oxygen atoms in total. The molecule has 116 valence electrons. The molecule has 1 fully saturated rings. The van der Waals surface area contributed by atoms with Crippen molar-refractivity contribution < 1.29 is 4.74 Å². The SMILES string of the molecule is COCCN(Cc1sccc1Br)CC1CCCNC1.Cl. The van der Waals surface area contributed by atoms with Crippen LogP contribution in [0, 0.1) is 5.92 Å². The van der Waals surface area contributed by atoms with E-state index in [0.717, 1.165) is 32.2 Å². The molecule has 0 spiro atoms. The van der Waals surface area contributed by atoms with Crippen molar-refractivity contribution in [2.75, 3.05) is 39.9 Å². The van der Waals surface area contributed by atoms with Gasteiger partial charge in [-0.15, -0.1) is 23.7 Å². The monoisotopic (exact) mass is 382 g/mol. The zero-order chi connectivity index (χ0) is 13.5. The lowest BCUT2D eigenvalue weighted by molar-refractivity contribution is 0.127. The molecular formula is C14H24BrClN2OS. The Morgan fingerprint density at radius 3 is 3.00 bits per heavy atom. The van der Waals surface area contributed by atoms with Crippen LogP contribution in [0.4, 0.5) is 0 Å². The first-order valence-corrected chi connectivity index (χ1v) is 8.60. The lowest BCUT2D eigenvalue weighted by Gasteiger charge is -2.29. The Hall–Kier alpha value is 0.350. The molecule has 1 atom stereocenters. The van der Waals surface area contributed by atoms with Gasteiger partial charge in [-0.3, -0.25) is 4.90 Å². The lowest BCUT2D eigenvalue weighted by Crippen LogP contribution is -2.39. The van der Waals surface area contributed by atoms with Crippen LogP contribution in [0.25, 0.3) is 0 Å². The molecule has 1 N–H and O–H groups in total. The summed E-state index contributed by atoms with van der Waals surface area (Å²) in [5.74, 6) is 0.782. The number of nitrogens with zero attached hydrogens (tertiary/aromatic N) is 1. The number of methoxy groups -OCH3 is 1. The maximum atomic E-state index is 5.25. The number of thiophene rings is 1. The largest absolute Gasteiger partial charge is 0.383 e. The van der Waals surface area contributed by atoms with E-state index < -0.39 is 0 Å². The highest BCUT2D eigenvalue weighted by molar-refractivity contribution is 9.10. The molecule has 1 unspecified atom stereocenters. The average Bonchev–Trinajstić information content (AvgIpc) is 2.83.